The monoisotopic (exact) mass is 588 g/mol. The topological polar surface area (TPSA) is 101 Å². The van der Waals surface area contributed by atoms with E-state index < -0.39 is 17.8 Å². The Hall–Kier alpha value is -2.56. The highest BCUT2D eigenvalue weighted by Crippen LogP contribution is 2.35. The Morgan fingerprint density at radius 1 is 1.11 bits per heavy atom. The van der Waals surface area contributed by atoms with Gasteiger partial charge in [-0.05, 0) is 42.1 Å². The molecule has 1 aromatic carbocycles. The second kappa shape index (κ2) is 12.6. The highest BCUT2D eigenvalue weighted by atomic mass is 35.5. The number of carbonyl (C=O) groups excluding carboxylic acids is 3. The molecule has 2 aromatic heterocycles. The number of nitrogens with zero attached hydrogens (tertiary/aromatic N) is 2. The summed E-state index contributed by atoms with van der Waals surface area (Å²) in [5, 5.41) is 7.70. The third-order valence-electron chi connectivity index (χ3n) is 4.79. The molecule has 2 amide bonds. The minimum atomic E-state index is -0.605. The number of aromatic nitrogens is 1. The quantitative estimate of drug-likeness (QED) is 0.223. The first-order valence-electron chi connectivity index (χ1n) is 10.4. The summed E-state index contributed by atoms with van der Waals surface area (Å²) in [6.07, 6.45) is 1.38. The molecule has 13 heteroatoms. The molecule has 0 aliphatic carbocycles. The lowest BCUT2D eigenvalue weighted by Gasteiger charge is -2.21. The average Bonchev–Trinajstić information content (AvgIpc) is 3.22. The van der Waals surface area contributed by atoms with E-state index in [1.165, 1.54) is 24.4 Å². The molecular formula is C23H20Cl4N4O4S. The lowest BCUT2D eigenvalue weighted by molar-refractivity contribution is -0.141. The standard InChI is InChI=1S/C23H20Cl4N4O4S/c1-3-35-18(32)10-31(2)14-6-15(22(33)29-17-5-4-13(25)9-28-17)20(16(26)7-14)30-23(34)21-19(27)12(8-24)11-36-21/h4-7,9,11H,3,8,10H2,1-2H3,(H,30,34)(H,28,29,33). The molecule has 3 rings (SSSR count). The van der Waals surface area contributed by atoms with Gasteiger partial charge in [0.25, 0.3) is 11.8 Å². The highest BCUT2D eigenvalue weighted by Gasteiger charge is 2.23. The number of esters is 1. The summed E-state index contributed by atoms with van der Waals surface area (Å²) < 4.78 is 4.99. The number of ether oxygens (including phenoxy) is 1. The number of benzene rings is 1. The van der Waals surface area contributed by atoms with Crippen LogP contribution in [0.5, 0.6) is 0 Å². The lowest BCUT2D eigenvalue weighted by atomic mass is 10.1. The summed E-state index contributed by atoms with van der Waals surface area (Å²) in [5.41, 5.74) is 1.14. The summed E-state index contributed by atoms with van der Waals surface area (Å²) in [5.74, 6) is -1.24. The fourth-order valence-electron chi connectivity index (χ4n) is 3.04. The maximum atomic E-state index is 13.3. The van der Waals surface area contributed by atoms with Gasteiger partial charge in [0.2, 0.25) is 0 Å². The molecule has 0 saturated carbocycles. The maximum Gasteiger partial charge on any atom is 0.325 e. The van der Waals surface area contributed by atoms with Gasteiger partial charge < -0.3 is 20.3 Å². The van der Waals surface area contributed by atoms with E-state index in [4.69, 9.17) is 51.1 Å². The molecular weight excluding hydrogens is 570 g/mol. The molecule has 0 bridgehead atoms. The number of thiophene rings is 1. The van der Waals surface area contributed by atoms with E-state index in [0.717, 1.165) is 11.3 Å². The van der Waals surface area contributed by atoms with Gasteiger partial charge in [0.15, 0.2) is 0 Å². The number of halogens is 4. The van der Waals surface area contributed by atoms with Crippen LogP contribution in [-0.4, -0.2) is 43.0 Å². The Morgan fingerprint density at radius 3 is 2.47 bits per heavy atom. The highest BCUT2D eigenvalue weighted by molar-refractivity contribution is 7.13. The maximum absolute atomic E-state index is 13.3. The molecule has 0 spiro atoms. The van der Waals surface area contributed by atoms with Crippen molar-refractivity contribution in [2.75, 3.05) is 35.7 Å². The lowest BCUT2D eigenvalue weighted by Crippen LogP contribution is -2.28. The average molecular weight is 590 g/mol. The van der Waals surface area contributed by atoms with Crippen LogP contribution in [0.4, 0.5) is 17.2 Å². The minimum absolute atomic E-state index is 0.0311. The van der Waals surface area contributed by atoms with Gasteiger partial charge in [-0.3, -0.25) is 14.4 Å². The smallest absolute Gasteiger partial charge is 0.325 e. The number of alkyl halides is 1. The minimum Gasteiger partial charge on any atom is -0.465 e. The normalized spacial score (nSPS) is 10.6. The molecule has 2 heterocycles. The Balaban J connectivity index is 1.99. The zero-order chi connectivity index (χ0) is 26.4. The second-order valence-electron chi connectivity index (χ2n) is 7.32. The van der Waals surface area contributed by atoms with Crippen molar-refractivity contribution >= 4 is 92.7 Å². The summed E-state index contributed by atoms with van der Waals surface area (Å²) in [4.78, 5) is 44.1. The molecule has 2 N–H and O–H groups in total. The number of anilines is 3. The summed E-state index contributed by atoms with van der Waals surface area (Å²) in [7, 11) is 1.64. The van der Waals surface area contributed by atoms with Crippen molar-refractivity contribution in [1.29, 1.82) is 0 Å². The van der Waals surface area contributed by atoms with Gasteiger partial charge in [0.05, 0.1) is 32.9 Å². The predicted octanol–water partition coefficient (Wildman–Crippen LogP) is 6.35. The van der Waals surface area contributed by atoms with Gasteiger partial charge in [-0.25, -0.2) is 4.98 Å². The van der Waals surface area contributed by atoms with E-state index in [1.54, 1.807) is 30.3 Å². The second-order valence-corrected chi connectivity index (χ2v) is 9.69. The Morgan fingerprint density at radius 2 is 1.86 bits per heavy atom. The van der Waals surface area contributed by atoms with Gasteiger partial charge in [0, 0.05) is 24.8 Å². The van der Waals surface area contributed by atoms with Crippen LogP contribution in [0.15, 0.2) is 35.8 Å². The van der Waals surface area contributed by atoms with Gasteiger partial charge in [-0.2, -0.15) is 0 Å². The molecule has 0 atom stereocenters. The van der Waals surface area contributed by atoms with Gasteiger partial charge in [-0.1, -0.05) is 34.8 Å². The van der Waals surface area contributed by atoms with E-state index in [-0.39, 0.29) is 51.0 Å². The Labute approximate surface area is 231 Å². The zero-order valence-corrected chi connectivity index (χ0v) is 22.9. The van der Waals surface area contributed by atoms with Crippen molar-refractivity contribution in [2.24, 2.45) is 0 Å². The van der Waals surface area contributed by atoms with E-state index >= 15 is 0 Å². The third kappa shape index (κ3) is 6.80. The molecule has 190 valence electrons. The van der Waals surface area contributed by atoms with Crippen LogP contribution < -0.4 is 15.5 Å². The fraction of sp³-hybridized carbons (Fsp3) is 0.217. The fourth-order valence-corrected chi connectivity index (χ4v) is 5.04. The van der Waals surface area contributed by atoms with E-state index in [0.29, 0.717) is 16.3 Å². The molecule has 0 unspecified atom stereocenters. The number of amides is 2. The van der Waals surface area contributed by atoms with Gasteiger partial charge in [-0.15, -0.1) is 22.9 Å². The van der Waals surface area contributed by atoms with Crippen molar-refractivity contribution in [3.8, 4) is 0 Å². The first kappa shape index (κ1) is 28.0. The summed E-state index contributed by atoms with van der Waals surface area (Å²) in [6, 6.07) is 6.10. The predicted molar refractivity (Wildman–Crippen MR) is 145 cm³/mol. The van der Waals surface area contributed by atoms with Crippen molar-refractivity contribution in [3.63, 3.8) is 0 Å². The molecule has 3 aromatic rings. The zero-order valence-electron chi connectivity index (χ0n) is 19.0. The van der Waals surface area contributed by atoms with Crippen LogP contribution in [0, 0.1) is 0 Å². The number of likely N-dealkylation sites (N-methyl/N-ethyl adjacent to an activating group) is 1. The largest absolute Gasteiger partial charge is 0.465 e. The SMILES string of the molecule is CCOC(=O)CN(C)c1cc(Cl)c(NC(=O)c2scc(CCl)c2Cl)c(C(=O)Nc2ccc(Cl)cn2)c1. The summed E-state index contributed by atoms with van der Waals surface area (Å²) >= 11 is 25.6. The number of nitrogens with one attached hydrogen (secondary N) is 2. The first-order chi connectivity index (χ1) is 17.1. The Kier molecular flexibility index (Phi) is 9.81. The molecule has 8 nitrogen and oxygen atoms in total. The van der Waals surface area contributed by atoms with Crippen LogP contribution in [-0.2, 0) is 15.4 Å². The molecule has 0 fully saturated rings. The molecule has 0 saturated heterocycles. The molecule has 0 aliphatic heterocycles. The van der Waals surface area contributed by atoms with E-state index in [2.05, 4.69) is 15.6 Å². The van der Waals surface area contributed by atoms with Gasteiger partial charge >= 0.3 is 5.97 Å². The number of hydrogen-bond donors (Lipinski definition) is 2. The first-order valence-corrected chi connectivity index (χ1v) is 13.0. The summed E-state index contributed by atoms with van der Waals surface area (Å²) in [6.45, 7) is 1.86. The third-order valence-corrected chi connectivity index (χ3v) is 7.17. The molecule has 0 radical (unpaired) electrons. The van der Waals surface area contributed by atoms with Crippen LogP contribution in [0.2, 0.25) is 15.1 Å². The Bertz CT molecular complexity index is 1280. The van der Waals surface area contributed by atoms with Crippen LogP contribution in [0.1, 0.15) is 32.5 Å². The number of carbonyl (C=O) groups is 3. The number of hydrogen-bond acceptors (Lipinski definition) is 7. The number of rotatable bonds is 9. The van der Waals surface area contributed by atoms with Crippen LogP contribution >= 0.6 is 57.7 Å². The van der Waals surface area contributed by atoms with E-state index in [1.807, 2.05) is 0 Å². The van der Waals surface area contributed by atoms with Crippen LogP contribution in [0.25, 0.3) is 0 Å². The van der Waals surface area contributed by atoms with Crippen molar-refractivity contribution < 1.29 is 19.1 Å². The van der Waals surface area contributed by atoms with E-state index in [9.17, 15) is 14.4 Å². The van der Waals surface area contributed by atoms with Crippen molar-refractivity contribution in [3.05, 3.63) is 66.9 Å². The van der Waals surface area contributed by atoms with Crippen molar-refractivity contribution in [1.82, 2.24) is 4.98 Å². The van der Waals surface area contributed by atoms with Crippen molar-refractivity contribution in [2.45, 2.75) is 12.8 Å². The molecule has 0 aliphatic rings. The number of pyridine rings is 1. The van der Waals surface area contributed by atoms with Gasteiger partial charge in [0.1, 0.15) is 17.2 Å². The molecule has 36 heavy (non-hydrogen) atoms. The van der Waals surface area contributed by atoms with Crippen LogP contribution in [0.3, 0.4) is 0 Å².